The summed E-state index contributed by atoms with van der Waals surface area (Å²) in [6.45, 7) is 20.6. The van der Waals surface area contributed by atoms with E-state index in [0.29, 0.717) is 50.1 Å². The molecule has 39 nitrogen and oxygen atoms in total. The van der Waals surface area contributed by atoms with Crippen molar-refractivity contribution >= 4 is 134 Å². The largest absolute Gasteiger partial charge is 0.497 e. The predicted octanol–water partition coefficient (Wildman–Crippen LogP) is 8.01. The van der Waals surface area contributed by atoms with Crippen LogP contribution in [0.2, 0.25) is 5.02 Å². The molecular formula is C103H137ClN16O23. The smallest absolute Gasteiger partial charge is 0.407 e. The maximum absolute atomic E-state index is 15.4. The van der Waals surface area contributed by atoms with E-state index in [-0.39, 0.29) is 39.0 Å². The van der Waals surface area contributed by atoms with E-state index in [4.69, 9.17) is 66.9 Å². The molecule has 40 heteroatoms. The number of ether oxygens (including phenoxy) is 7. The van der Waals surface area contributed by atoms with Gasteiger partial charge in [0.15, 0.2) is 0 Å². The number of hydrogen-bond donors (Lipinski definition) is 15. The van der Waals surface area contributed by atoms with Crippen molar-refractivity contribution in [3.05, 3.63) is 161 Å². The second kappa shape index (κ2) is 53.6. The quantitative estimate of drug-likeness (QED) is 0.00742. The lowest BCUT2D eigenvalue weighted by atomic mass is 9.97. The standard InChI is InChI=1S/C103H137ClN16O23/c1-17-58(4)88(120-98(134)81(56-141-101(5,6)7)117-95(131)74(40-45-83(106)122)112-96(132)77(41-46-84(107)123)118-100(136)140-55-71-67-25-20-18-23-65(67)66-24-19-21-26-68(66)71)99(135)114-76(43-48-87(126)143-103(11,12)13)92(128)111-73(39-44-82(105)121)93(129)115-79(51-57(2)3)97(133)113-75(42-47-86(125)142-102(8,9)10)94(130)116-80(54-85(124)119-89(59-27-32-62(137-14)33-28-59)60-29-34-63(138-15)35-30-60)91(127)109-50-22-49-108-90-69-37-31-61(104)52-78(69)110-72-38-36-64(139-16)53-70(72)90/h18-21,23-38,52-53,57-58,71,73-77,79-81,88-89H,17,22,39-51,54-56H2,1-16H3,(H2,105,121)(H2,106,122)(H2,107,123)(H,108,110)(H,109,127)(H,111,128)(H,112,132)(H,113,133)(H,114,135)(H,115,129)(H,116,130)(H,117,131)(H,118,136)(H,119,124)(H,120,134)/t58-,73-,74-,75-,76-,77-,79-,80-,81-,88-/m0/s1. The second-order valence-corrected chi connectivity index (χ2v) is 38.9. The average molecular weight is 2000 g/mol. The molecular weight excluding hydrogens is 1860 g/mol. The monoisotopic (exact) mass is 2000 g/mol. The van der Waals surface area contributed by atoms with Gasteiger partial charge in [0.25, 0.3) is 0 Å². The first-order chi connectivity index (χ1) is 67.5. The van der Waals surface area contributed by atoms with Crippen LogP contribution >= 0.6 is 11.6 Å². The molecule has 0 aliphatic heterocycles. The molecule has 0 radical (unpaired) electrons. The summed E-state index contributed by atoms with van der Waals surface area (Å²) in [4.78, 5) is 233. The zero-order valence-electron chi connectivity index (χ0n) is 83.9. The molecule has 0 saturated heterocycles. The van der Waals surface area contributed by atoms with Crippen molar-refractivity contribution in [1.82, 2.24) is 63.5 Å². The summed E-state index contributed by atoms with van der Waals surface area (Å²) in [7, 11) is 4.53. The van der Waals surface area contributed by atoms with Crippen molar-refractivity contribution in [3.63, 3.8) is 0 Å². The number of methoxy groups -OCH3 is 3. The number of nitrogens with one attached hydrogen (secondary N) is 12. The molecule has 0 unspecified atom stereocenters. The number of halogens is 1. The first-order valence-corrected chi connectivity index (χ1v) is 48.0. The summed E-state index contributed by atoms with van der Waals surface area (Å²) in [6.07, 6.45) is -6.73. The molecule has 1 aliphatic rings. The van der Waals surface area contributed by atoms with Crippen LogP contribution in [0.1, 0.15) is 214 Å². The van der Waals surface area contributed by atoms with Crippen molar-refractivity contribution in [1.29, 1.82) is 0 Å². The molecule has 6 aromatic carbocycles. The summed E-state index contributed by atoms with van der Waals surface area (Å²) < 4.78 is 39.4. The SMILES string of the molecule is CC[C@H](C)[C@H](NC(=O)[C@H](COC(C)(C)C)NC(=O)[C@H](CCC(N)=O)NC(=O)[C@H](CCC(N)=O)NC(=O)OCC1c2ccccc2-c2ccccc21)C(=O)N[C@@H](CCC(=O)OC(C)(C)C)C(=O)N[C@@H](CCC(N)=O)C(=O)N[C@@H](CC(C)C)C(=O)N[C@@H](CCC(=O)OC(C)(C)C)C(=O)N[C@@H](CC(=O)NC(c1ccc(OC)cc1)c1ccc(OC)cc1)C(=O)NCCCNc1c2ccc(Cl)cc2nc2ccc(OC)cc12. The third-order valence-corrected chi connectivity index (χ3v) is 23.4. The Morgan fingerprint density at radius 1 is 0.427 bits per heavy atom. The van der Waals surface area contributed by atoms with Gasteiger partial charge in [0, 0.05) is 66.9 Å². The van der Waals surface area contributed by atoms with Crippen LogP contribution in [0.5, 0.6) is 17.2 Å². The van der Waals surface area contributed by atoms with E-state index in [1.165, 1.54) is 14.2 Å². The van der Waals surface area contributed by atoms with Gasteiger partial charge in [-0.1, -0.05) is 119 Å². The molecule has 7 aromatic rings. The Balaban J connectivity index is 1.05. The van der Waals surface area contributed by atoms with E-state index in [1.54, 1.807) is 164 Å². The van der Waals surface area contributed by atoms with Crippen molar-refractivity contribution < 1.29 is 110 Å². The molecule has 143 heavy (non-hydrogen) atoms. The number of nitrogens with zero attached hydrogens (tertiary/aromatic N) is 1. The van der Waals surface area contributed by atoms with E-state index in [1.807, 2.05) is 66.7 Å². The highest BCUT2D eigenvalue weighted by atomic mass is 35.5. The fourth-order valence-electron chi connectivity index (χ4n) is 15.8. The summed E-state index contributed by atoms with van der Waals surface area (Å²) in [6, 6.07) is 23.3. The predicted molar refractivity (Wildman–Crippen MR) is 535 cm³/mol. The highest BCUT2D eigenvalue weighted by Crippen LogP contribution is 2.45. The van der Waals surface area contributed by atoms with Crippen LogP contribution in [-0.4, -0.2) is 219 Å². The molecule has 14 amide bonds. The van der Waals surface area contributed by atoms with Crippen LogP contribution in [0.4, 0.5) is 10.5 Å². The van der Waals surface area contributed by atoms with Gasteiger partial charge in [-0.15, -0.1) is 0 Å². The maximum atomic E-state index is 15.4. The lowest BCUT2D eigenvalue weighted by Crippen LogP contribution is -2.62. The highest BCUT2D eigenvalue weighted by Gasteiger charge is 2.41. The van der Waals surface area contributed by atoms with Crippen LogP contribution in [0, 0.1) is 11.8 Å². The van der Waals surface area contributed by atoms with E-state index in [0.717, 1.165) is 33.0 Å². The number of pyridine rings is 1. The van der Waals surface area contributed by atoms with Crippen molar-refractivity contribution in [2.45, 2.75) is 263 Å². The van der Waals surface area contributed by atoms with Gasteiger partial charge < -0.3 is 114 Å². The fourth-order valence-corrected chi connectivity index (χ4v) is 15.9. The molecule has 0 bridgehead atoms. The number of esters is 2. The third kappa shape index (κ3) is 36.4. The Kier molecular flexibility index (Phi) is 42.7. The number of aromatic nitrogens is 1. The Morgan fingerprint density at radius 2 is 0.853 bits per heavy atom. The first-order valence-electron chi connectivity index (χ1n) is 47.7. The molecule has 18 N–H and O–H groups in total. The third-order valence-electron chi connectivity index (χ3n) is 23.2. The molecule has 1 aromatic heterocycles. The van der Waals surface area contributed by atoms with E-state index >= 15 is 28.8 Å². The molecule has 774 valence electrons. The Hall–Kier alpha value is -14.2. The van der Waals surface area contributed by atoms with Crippen LogP contribution in [-0.2, 0) is 90.9 Å². The van der Waals surface area contributed by atoms with Gasteiger partial charge in [-0.2, -0.15) is 0 Å². The summed E-state index contributed by atoms with van der Waals surface area (Å²) >= 11 is 6.44. The number of rotatable bonds is 54. The van der Waals surface area contributed by atoms with Gasteiger partial charge in [0.05, 0.1) is 62.7 Å². The van der Waals surface area contributed by atoms with Gasteiger partial charge in [-0.3, -0.25) is 71.9 Å². The molecule has 1 heterocycles. The van der Waals surface area contributed by atoms with Gasteiger partial charge in [-0.05, 0) is 213 Å². The van der Waals surface area contributed by atoms with Gasteiger partial charge in [0.2, 0.25) is 76.8 Å². The van der Waals surface area contributed by atoms with Crippen LogP contribution < -0.4 is 95.2 Å². The lowest BCUT2D eigenvalue weighted by molar-refractivity contribution is -0.156. The minimum atomic E-state index is -1.82. The Morgan fingerprint density at radius 3 is 1.31 bits per heavy atom. The Bertz CT molecular complexity index is 5570. The number of amides is 14. The van der Waals surface area contributed by atoms with E-state index in [9.17, 15) is 47.9 Å². The first kappa shape index (κ1) is 114. The van der Waals surface area contributed by atoms with E-state index in [2.05, 4.69) is 63.8 Å². The number of benzene rings is 6. The molecule has 0 saturated carbocycles. The van der Waals surface area contributed by atoms with Gasteiger partial charge in [0.1, 0.15) is 89.4 Å². The normalized spacial score (nSPS) is 14.0. The lowest BCUT2D eigenvalue weighted by Gasteiger charge is -2.31. The number of nitrogens with two attached hydrogens (primary N) is 3. The molecule has 0 spiro atoms. The highest BCUT2D eigenvalue weighted by molar-refractivity contribution is 6.31. The van der Waals surface area contributed by atoms with E-state index < -0.39 is 267 Å². The van der Waals surface area contributed by atoms with Gasteiger partial charge in [-0.25, -0.2) is 9.78 Å². The van der Waals surface area contributed by atoms with Gasteiger partial charge >= 0.3 is 18.0 Å². The zero-order chi connectivity index (χ0) is 105. The zero-order valence-corrected chi connectivity index (χ0v) is 84.6. The van der Waals surface area contributed by atoms with Crippen molar-refractivity contribution in [3.8, 4) is 28.4 Å². The number of anilines is 1. The molecule has 1 aliphatic carbocycles. The molecule has 10 atom stereocenters. The maximum Gasteiger partial charge on any atom is 0.407 e. The van der Waals surface area contributed by atoms with Crippen LogP contribution in [0.15, 0.2) is 133 Å². The minimum Gasteiger partial charge on any atom is -0.497 e. The second-order valence-electron chi connectivity index (χ2n) is 38.5. The molecule has 0 fully saturated rings. The van der Waals surface area contributed by atoms with Crippen LogP contribution in [0.3, 0.4) is 0 Å². The number of primary amides is 3. The topological polar surface area (TPSA) is 573 Å². The number of carbonyl (C=O) groups is 16. The average Bonchev–Trinajstić information content (AvgIpc) is 1.37. The Labute approximate surface area is 837 Å². The number of carbonyl (C=O) groups excluding carboxylic acids is 16. The minimum absolute atomic E-state index is 0.0345. The summed E-state index contributed by atoms with van der Waals surface area (Å²) in [5.41, 5.74) is 20.5. The van der Waals surface area contributed by atoms with Crippen LogP contribution in [0.25, 0.3) is 32.9 Å². The summed E-state index contributed by atoms with van der Waals surface area (Å²) in [5, 5.41) is 34.6. The fraction of sp³-hybridized carbons (Fsp3) is 0.485. The van der Waals surface area contributed by atoms with Crippen molar-refractivity contribution in [2.24, 2.45) is 29.0 Å². The number of fused-ring (bicyclic) bond motifs is 5. The number of hydrogen-bond acceptors (Lipinski definition) is 25. The van der Waals surface area contributed by atoms with Crippen molar-refractivity contribution in [2.75, 3.05) is 52.9 Å². The molecule has 8 rings (SSSR count). The number of alkyl carbamates (subject to hydrolysis) is 1. The summed E-state index contributed by atoms with van der Waals surface area (Å²) in [5.74, 6) is -14.7.